The number of aliphatic carboxylic acids is 2. The monoisotopic (exact) mass is 449 g/mol. The molecule has 0 saturated heterocycles. The molecule has 0 aliphatic rings. The van der Waals surface area contributed by atoms with Gasteiger partial charge in [0.25, 0.3) is 18.2 Å². The quantitative estimate of drug-likeness (QED) is 0.258. The van der Waals surface area contributed by atoms with Crippen molar-refractivity contribution in [1.82, 2.24) is 16.1 Å². The fourth-order valence-electron chi connectivity index (χ4n) is 0.796. The second-order valence-electron chi connectivity index (χ2n) is 4.77. The average Bonchev–Trinajstić information content (AvgIpc) is 2.90. The molecule has 7 N–H and O–H groups in total. The molecule has 0 amide bonds. The molecular weight excluding hydrogens is 419 g/mol. The highest BCUT2D eigenvalue weighted by Crippen LogP contribution is 2.20. The van der Waals surface area contributed by atoms with Crippen LogP contribution in [0, 0.1) is 13.8 Å². The first-order chi connectivity index (χ1) is 13.0. The number of aldehydes is 1. The number of aromatic nitrogens is 2. The van der Waals surface area contributed by atoms with E-state index in [1.54, 1.807) is 0 Å². The number of imidazole rings is 1. The SMILES string of the molecule is CC(=O)C=O.CC(=O)O.CC(=O)O.CCOC(O)C(F)(F)F.Cc1cnc(C)[nH]1.N. The van der Waals surface area contributed by atoms with Crippen LogP contribution >= 0.6 is 0 Å². The number of aliphatic hydroxyl groups is 1. The number of carboxylic acids is 2. The van der Waals surface area contributed by atoms with Gasteiger partial charge in [-0.05, 0) is 20.8 Å². The molecule has 1 atom stereocenters. The molecule has 0 spiro atoms. The van der Waals surface area contributed by atoms with E-state index >= 15 is 0 Å². The summed E-state index contributed by atoms with van der Waals surface area (Å²) in [4.78, 5) is 43.6. The molecule has 14 heteroatoms. The largest absolute Gasteiger partial charge is 0.481 e. The van der Waals surface area contributed by atoms with E-state index in [1.165, 1.54) is 13.8 Å². The molecule has 0 radical (unpaired) electrons. The number of halogens is 3. The summed E-state index contributed by atoms with van der Waals surface area (Å²) in [6.45, 7) is 8.52. The van der Waals surface area contributed by atoms with Gasteiger partial charge in [0.05, 0.1) is 0 Å². The lowest BCUT2D eigenvalue weighted by Gasteiger charge is -2.12. The Hall–Kier alpha value is -2.84. The Morgan fingerprint density at radius 2 is 1.50 bits per heavy atom. The number of ether oxygens (including phenoxy) is 1. The number of hydrogen-bond acceptors (Lipinski definition) is 8. The summed E-state index contributed by atoms with van der Waals surface area (Å²) in [6.07, 6.45) is -5.20. The summed E-state index contributed by atoms with van der Waals surface area (Å²) in [7, 11) is 0. The third kappa shape index (κ3) is 49.9. The first-order valence-electron chi connectivity index (χ1n) is 7.70. The summed E-state index contributed by atoms with van der Waals surface area (Å²) in [5, 5.41) is 22.9. The molecule has 0 aliphatic heterocycles. The molecule has 1 unspecified atom stereocenters. The van der Waals surface area contributed by atoms with Crippen molar-refractivity contribution < 1.29 is 52.4 Å². The normalized spacial score (nSPS) is 9.67. The van der Waals surface area contributed by atoms with Crippen molar-refractivity contribution in [2.24, 2.45) is 0 Å². The molecule has 11 nitrogen and oxygen atoms in total. The first kappa shape index (κ1) is 37.8. The van der Waals surface area contributed by atoms with E-state index in [2.05, 4.69) is 14.7 Å². The summed E-state index contributed by atoms with van der Waals surface area (Å²) < 4.78 is 37.6. The van der Waals surface area contributed by atoms with E-state index in [0.29, 0.717) is 0 Å². The van der Waals surface area contributed by atoms with Gasteiger partial charge in [-0.2, -0.15) is 13.2 Å². The predicted octanol–water partition coefficient (Wildman–Crippen LogP) is 2.05. The highest BCUT2D eigenvalue weighted by atomic mass is 19.4. The Kier molecular flexibility index (Phi) is 28.3. The van der Waals surface area contributed by atoms with E-state index in [4.69, 9.17) is 29.7 Å². The Morgan fingerprint density at radius 3 is 1.57 bits per heavy atom. The van der Waals surface area contributed by atoms with Gasteiger partial charge in [-0.25, -0.2) is 4.98 Å². The minimum atomic E-state index is -4.66. The van der Waals surface area contributed by atoms with Gasteiger partial charge >= 0.3 is 6.18 Å². The third-order valence-corrected chi connectivity index (χ3v) is 1.60. The number of rotatable bonds is 3. The minimum absolute atomic E-state index is 0. The number of Topliss-reactive ketones (excluding diaryl/α,β-unsaturated/α-hetero) is 1. The Bertz CT molecular complexity index is 556. The van der Waals surface area contributed by atoms with Crippen molar-refractivity contribution in [3.8, 4) is 0 Å². The number of ketones is 1. The topological polar surface area (TPSA) is 202 Å². The van der Waals surface area contributed by atoms with Crippen molar-refractivity contribution in [2.75, 3.05) is 6.61 Å². The number of hydrogen-bond donors (Lipinski definition) is 5. The van der Waals surface area contributed by atoms with Gasteiger partial charge in [0.1, 0.15) is 5.82 Å². The minimum Gasteiger partial charge on any atom is -0.481 e. The molecule has 1 rings (SSSR count). The third-order valence-electron chi connectivity index (χ3n) is 1.60. The number of carboxylic acid groups (broad SMARTS) is 2. The zero-order valence-electron chi connectivity index (χ0n) is 17.6. The number of aliphatic hydroxyl groups excluding tert-OH is 1. The zero-order chi connectivity index (χ0) is 24.2. The van der Waals surface area contributed by atoms with E-state index in [1.807, 2.05) is 20.0 Å². The Balaban J connectivity index is -0.0000000897. The highest BCUT2D eigenvalue weighted by molar-refractivity contribution is 6.23. The highest BCUT2D eigenvalue weighted by Gasteiger charge is 2.38. The number of nitrogens with zero attached hydrogens (tertiary/aromatic N) is 1. The number of aryl methyl sites for hydroxylation is 2. The summed E-state index contributed by atoms with van der Waals surface area (Å²) in [5.74, 6) is -1.11. The van der Waals surface area contributed by atoms with Crippen molar-refractivity contribution in [3.05, 3.63) is 17.7 Å². The van der Waals surface area contributed by atoms with Crippen LogP contribution in [-0.2, 0) is 23.9 Å². The molecule has 1 aromatic heterocycles. The predicted molar refractivity (Wildman–Crippen MR) is 100 cm³/mol. The maximum atomic E-state index is 11.3. The molecule has 0 bridgehead atoms. The standard InChI is InChI=1S/C5H8N2.C4H7F3O2.C3H4O2.2C2H4O2.H3N/c1-4-3-6-5(2)7-4;1-2-9-3(8)4(5,6)7;1-3(5)2-4;2*1-2(3)4;/h3H,1-2H3,(H,6,7);3,8H,2H2,1H3;2H,1H3;2*1H3,(H,3,4);1H3. The van der Waals surface area contributed by atoms with Crippen LogP contribution in [0.15, 0.2) is 6.20 Å². The lowest BCUT2D eigenvalue weighted by molar-refractivity contribution is -0.292. The van der Waals surface area contributed by atoms with Gasteiger partial charge in [-0.15, -0.1) is 0 Å². The fourth-order valence-corrected chi connectivity index (χ4v) is 0.796. The summed E-state index contributed by atoms with van der Waals surface area (Å²) in [6, 6.07) is 0. The second-order valence-corrected chi connectivity index (χ2v) is 4.77. The molecular formula is C16H30F3N3O8. The molecule has 1 aromatic rings. The van der Waals surface area contributed by atoms with Crippen LogP contribution in [0.4, 0.5) is 13.2 Å². The fraction of sp³-hybridized carbons (Fsp3) is 0.562. The van der Waals surface area contributed by atoms with Crippen LogP contribution in [-0.4, -0.2) is 68.4 Å². The molecule has 0 saturated carbocycles. The summed E-state index contributed by atoms with van der Waals surface area (Å²) in [5.41, 5.74) is 1.12. The van der Waals surface area contributed by atoms with E-state index in [-0.39, 0.29) is 19.0 Å². The molecule has 30 heavy (non-hydrogen) atoms. The van der Waals surface area contributed by atoms with Gasteiger partial charge in [0, 0.05) is 39.3 Å². The summed E-state index contributed by atoms with van der Waals surface area (Å²) >= 11 is 0. The number of alkyl halides is 3. The molecule has 178 valence electrons. The Morgan fingerprint density at radius 1 is 1.17 bits per heavy atom. The van der Waals surface area contributed by atoms with Gasteiger partial charge in [-0.3, -0.25) is 19.2 Å². The van der Waals surface area contributed by atoms with Crippen LogP contribution in [0.2, 0.25) is 0 Å². The van der Waals surface area contributed by atoms with Crippen molar-refractivity contribution >= 4 is 24.0 Å². The van der Waals surface area contributed by atoms with Crippen LogP contribution in [0.25, 0.3) is 0 Å². The van der Waals surface area contributed by atoms with Crippen LogP contribution in [0.1, 0.15) is 39.2 Å². The van der Waals surface area contributed by atoms with Crippen molar-refractivity contribution in [2.45, 2.75) is 54.0 Å². The van der Waals surface area contributed by atoms with Crippen molar-refractivity contribution in [3.63, 3.8) is 0 Å². The van der Waals surface area contributed by atoms with E-state index in [9.17, 15) is 18.0 Å². The number of carbonyl (C=O) groups excluding carboxylic acids is 2. The molecule has 0 aromatic carbocycles. The van der Waals surface area contributed by atoms with E-state index < -0.39 is 30.2 Å². The maximum absolute atomic E-state index is 11.3. The molecule has 0 aliphatic carbocycles. The number of carbonyl (C=O) groups is 4. The van der Waals surface area contributed by atoms with Crippen LogP contribution < -0.4 is 6.15 Å². The maximum Gasteiger partial charge on any atom is 0.439 e. The van der Waals surface area contributed by atoms with Gasteiger partial charge in [0.2, 0.25) is 0 Å². The van der Waals surface area contributed by atoms with Crippen LogP contribution in [0.5, 0.6) is 0 Å². The number of nitrogens with one attached hydrogen (secondary N) is 1. The molecule has 0 fully saturated rings. The van der Waals surface area contributed by atoms with Crippen LogP contribution in [0.3, 0.4) is 0 Å². The Labute approximate surface area is 171 Å². The smallest absolute Gasteiger partial charge is 0.439 e. The van der Waals surface area contributed by atoms with Gasteiger partial charge in [-0.1, -0.05) is 0 Å². The first-order valence-corrected chi connectivity index (χ1v) is 7.70. The average molecular weight is 449 g/mol. The van der Waals surface area contributed by atoms with Crippen molar-refractivity contribution in [1.29, 1.82) is 0 Å². The van der Waals surface area contributed by atoms with E-state index in [0.717, 1.165) is 25.4 Å². The molecule has 1 heterocycles. The second kappa shape index (κ2) is 22.4. The zero-order valence-corrected chi connectivity index (χ0v) is 17.6. The lowest BCUT2D eigenvalue weighted by Crippen LogP contribution is -2.31. The van der Waals surface area contributed by atoms with Gasteiger partial charge < -0.3 is 31.2 Å². The lowest BCUT2D eigenvalue weighted by atomic mass is 10.5. The number of H-pyrrole nitrogens is 1. The van der Waals surface area contributed by atoms with Gasteiger partial charge in [0.15, 0.2) is 12.1 Å². The number of aromatic amines is 1.